The highest BCUT2D eigenvalue weighted by molar-refractivity contribution is 6.07. The number of likely N-dealkylation sites (tertiary alicyclic amines) is 1. The fraction of sp³-hybridized carbons (Fsp3) is 0.333. The van der Waals surface area contributed by atoms with E-state index in [1.807, 2.05) is 24.3 Å². The summed E-state index contributed by atoms with van der Waals surface area (Å²) in [5, 5.41) is 5.23. The molecule has 0 saturated carbocycles. The number of halogens is 1. The Hall–Kier alpha value is -2.73. The van der Waals surface area contributed by atoms with Crippen LogP contribution in [0.15, 0.2) is 54.6 Å². The number of urea groups is 1. The van der Waals surface area contributed by atoms with Gasteiger partial charge in [-0.2, -0.15) is 0 Å². The van der Waals surface area contributed by atoms with E-state index >= 15 is 0 Å². The Bertz CT molecular complexity index is 873. The number of rotatable bonds is 3. The van der Waals surface area contributed by atoms with Gasteiger partial charge in [0.05, 0.1) is 0 Å². The molecule has 0 aromatic heterocycles. The third kappa shape index (κ3) is 3.21. The second kappa shape index (κ2) is 6.78. The van der Waals surface area contributed by atoms with Crippen LogP contribution in [0.2, 0.25) is 0 Å². The minimum absolute atomic E-state index is 0.0826. The lowest BCUT2D eigenvalue weighted by molar-refractivity contribution is -0.127. The maximum atomic E-state index is 13.9. The van der Waals surface area contributed by atoms with Crippen LogP contribution < -0.4 is 10.6 Å². The highest BCUT2D eigenvalue weighted by Crippen LogP contribution is 2.41. The maximum Gasteiger partial charge on any atom is 0.322 e. The molecule has 5 nitrogen and oxygen atoms in total. The molecule has 2 aliphatic rings. The van der Waals surface area contributed by atoms with Crippen molar-refractivity contribution < 1.29 is 14.0 Å². The van der Waals surface area contributed by atoms with Crippen molar-refractivity contribution in [2.75, 3.05) is 6.54 Å². The van der Waals surface area contributed by atoms with E-state index in [0.717, 1.165) is 12.1 Å². The molecular formula is C21H22FN3O2. The Balaban J connectivity index is 1.70. The summed E-state index contributed by atoms with van der Waals surface area (Å²) in [4.78, 5) is 26.9. The topological polar surface area (TPSA) is 61.4 Å². The van der Waals surface area contributed by atoms with Crippen LogP contribution in [0.5, 0.6) is 0 Å². The number of nitrogens with one attached hydrogen (secondary N) is 2. The van der Waals surface area contributed by atoms with Gasteiger partial charge in [-0.05, 0) is 36.6 Å². The van der Waals surface area contributed by atoms with Gasteiger partial charge in [-0.15, -0.1) is 0 Å². The van der Waals surface area contributed by atoms with Gasteiger partial charge < -0.3 is 5.32 Å². The molecule has 3 atom stereocenters. The van der Waals surface area contributed by atoms with E-state index in [1.165, 1.54) is 17.7 Å². The zero-order chi connectivity index (χ0) is 19.0. The van der Waals surface area contributed by atoms with E-state index in [1.54, 1.807) is 6.07 Å². The molecule has 2 saturated heterocycles. The predicted molar refractivity (Wildman–Crippen MR) is 99.5 cm³/mol. The van der Waals surface area contributed by atoms with Gasteiger partial charge in [0, 0.05) is 25.0 Å². The van der Waals surface area contributed by atoms with Crippen LogP contribution >= 0.6 is 0 Å². The number of piperidine rings is 1. The van der Waals surface area contributed by atoms with Crippen molar-refractivity contribution in [3.63, 3.8) is 0 Å². The molecule has 27 heavy (non-hydrogen) atoms. The van der Waals surface area contributed by atoms with Crippen LogP contribution in [0, 0.1) is 5.82 Å². The van der Waals surface area contributed by atoms with Gasteiger partial charge in [-0.3, -0.25) is 15.0 Å². The average molecular weight is 367 g/mol. The lowest BCUT2D eigenvalue weighted by Gasteiger charge is -2.47. The Labute approximate surface area is 157 Å². The number of nitrogens with zero attached hydrogens (tertiary/aromatic N) is 1. The summed E-state index contributed by atoms with van der Waals surface area (Å²) in [6, 6.07) is 16.0. The Morgan fingerprint density at radius 3 is 2.59 bits per heavy atom. The number of carbonyl (C=O) groups is 2. The molecule has 4 rings (SSSR count). The molecule has 140 valence electrons. The molecule has 1 spiro atoms. The predicted octanol–water partition coefficient (Wildman–Crippen LogP) is 2.78. The second-order valence-corrected chi connectivity index (χ2v) is 7.46. The van der Waals surface area contributed by atoms with Crippen molar-refractivity contribution in [2.24, 2.45) is 0 Å². The zero-order valence-electron chi connectivity index (χ0n) is 15.1. The normalized spacial score (nSPS) is 28.2. The first-order chi connectivity index (χ1) is 13.0. The first-order valence-electron chi connectivity index (χ1n) is 9.15. The summed E-state index contributed by atoms with van der Waals surface area (Å²) in [5.41, 5.74) is 0.854. The van der Waals surface area contributed by atoms with Crippen molar-refractivity contribution in [3.8, 4) is 0 Å². The van der Waals surface area contributed by atoms with E-state index in [2.05, 4.69) is 34.6 Å². The number of hydrogen-bond donors (Lipinski definition) is 2. The molecular weight excluding hydrogens is 345 g/mol. The molecule has 2 aromatic rings. The van der Waals surface area contributed by atoms with Crippen LogP contribution in [0.4, 0.5) is 9.18 Å². The third-order valence-electron chi connectivity index (χ3n) is 5.70. The molecule has 3 amide bonds. The number of carbonyl (C=O) groups excluding carboxylic acids is 2. The zero-order valence-corrected chi connectivity index (χ0v) is 15.1. The first kappa shape index (κ1) is 17.7. The SMILES string of the molecule is CC1CC2(NC(=O)NC2=O)C(c2cccc(F)c2)CN1Cc1ccccc1. The lowest BCUT2D eigenvalue weighted by atomic mass is 9.71. The number of imide groups is 1. The van der Waals surface area contributed by atoms with Crippen molar-refractivity contribution in [3.05, 3.63) is 71.5 Å². The molecule has 6 heteroatoms. The van der Waals surface area contributed by atoms with Gasteiger partial charge in [-0.1, -0.05) is 42.5 Å². The number of hydrogen-bond acceptors (Lipinski definition) is 3. The molecule has 2 aromatic carbocycles. The lowest BCUT2D eigenvalue weighted by Crippen LogP contribution is -2.62. The van der Waals surface area contributed by atoms with Crippen molar-refractivity contribution >= 4 is 11.9 Å². The van der Waals surface area contributed by atoms with Gasteiger partial charge in [0.2, 0.25) is 0 Å². The fourth-order valence-electron chi connectivity index (χ4n) is 4.35. The van der Waals surface area contributed by atoms with Crippen LogP contribution in [-0.4, -0.2) is 35.0 Å². The standard InChI is InChI=1S/C21H22FN3O2/c1-14-11-21(19(26)23-20(27)24-21)18(16-8-5-9-17(22)10-16)13-25(14)12-15-6-3-2-4-7-15/h2-10,14,18H,11-13H2,1H3,(H2,23,24,26,27). The highest BCUT2D eigenvalue weighted by atomic mass is 19.1. The van der Waals surface area contributed by atoms with E-state index in [0.29, 0.717) is 13.0 Å². The van der Waals surface area contributed by atoms with Crippen LogP contribution in [0.1, 0.15) is 30.4 Å². The summed E-state index contributed by atoms with van der Waals surface area (Å²) in [6.07, 6.45) is 0.471. The first-order valence-corrected chi connectivity index (χ1v) is 9.15. The van der Waals surface area contributed by atoms with Gasteiger partial charge in [-0.25, -0.2) is 9.18 Å². The number of amides is 3. The Morgan fingerprint density at radius 1 is 1.15 bits per heavy atom. The molecule has 0 radical (unpaired) electrons. The monoisotopic (exact) mass is 367 g/mol. The summed E-state index contributed by atoms with van der Waals surface area (Å²) in [7, 11) is 0. The van der Waals surface area contributed by atoms with E-state index in [-0.39, 0.29) is 23.7 Å². The largest absolute Gasteiger partial charge is 0.323 e. The van der Waals surface area contributed by atoms with Crippen molar-refractivity contribution in [1.29, 1.82) is 0 Å². The molecule has 2 aliphatic heterocycles. The average Bonchev–Trinajstić information content (AvgIpc) is 2.92. The quantitative estimate of drug-likeness (QED) is 0.820. The summed E-state index contributed by atoms with van der Waals surface area (Å²) < 4.78 is 13.9. The summed E-state index contributed by atoms with van der Waals surface area (Å²) in [6.45, 7) is 3.34. The molecule has 2 N–H and O–H groups in total. The van der Waals surface area contributed by atoms with Crippen LogP contribution in [0.3, 0.4) is 0 Å². The molecule has 3 unspecified atom stereocenters. The second-order valence-electron chi connectivity index (χ2n) is 7.46. The van der Waals surface area contributed by atoms with Crippen molar-refractivity contribution in [1.82, 2.24) is 15.5 Å². The van der Waals surface area contributed by atoms with Gasteiger partial charge >= 0.3 is 6.03 Å². The van der Waals surface area contributed by atoms with Gasteiger partial charge in [0.1, 0.15) is 11.4 Å². The summed E-state index contributed by atoms with van der Waals surface area (Å²) in [5.74, 6) is -1.01. The van der Waals surface area contributed by atoms with E-state index < -0.39 is 11.6 Å². The Morgan fingerprint density at radius 2 is 1.93 bits per heavy atom. The van der Waals surface area contributed by atoms with Gasteiger partial charge in [0.25, 0.3) is 5.91 Å². The molecule has 2 heterocycles. The fourth-order valence-corrected chi connectivity index (χ4v) is 4.35. The van der Waals surface area contributed by atoms with Crippen LogP contribution in [0.25, 0.3) is 0 Å². The molecule has 0 aliphatic carbocycles. The van der Waals surface area contributed by atoms with Crippen molar-refractivity contribution in [2.45, 2.75) is 37.4 Å². The Kier molecular flexibility index (Phi) is 4.44. The minimum Gasteiger partial charge on any atom is -0.323 e. The van der Waals surface area contributed by atoms with E-state index in [9.17, 15) is 14.0 Å². The van der Waals surface area contributed by atoms with E-state index in [4.69, 9.17) is 0 Å². The number of benzene rings is 2. The third-order valence-corrected chi connectivity index (χ3v) is 5.70. The van der Waals surface area contributed by atoms with Crippen LogP contribution in [-0.2, 0) is 11.3 Å². The van der Waals surface area contributed by atoms with Gasteiger partial charge in [0.15, 0.2) is 0 Å². The minimum atomic E-state index is -1.04. The highest BCUT2D eigenvalue weighted by Gasteiger charge is 2.56. The molecule has 2 fully saturated rings. The smallest absolute Gasteiger partial charge is 0.322 e. The summed E-state index contributed by atoms with van der Waals surface area (Å²) >= 11 is 0. The molecule has 0 bridgehead atoms. The maximum absolute atomic E-state index is 13.9.